The summed E-state index contributed by atoms with van der Waals surface area (Å²) in [6.45, 7) is 0. The number of nitrogens with two attached hydrogens (primary N) is 1. The van der Waals surface area contributed by atoms with Gasteiger partial charge in [0.1, 0.15) is 17.9 Å². The number of ether oxygens (including phenoxy) is 1. The maximum atomic E-state index is 10.9. The van der Waals surface area contributed by atoms with Gasteiger partial charge in [0.2, 0.25) is 0 Å². The maximum Gasteiger partial charge on any atom is 0.409 e. The number of fused-ring (bicyclic) bond motifs is 1. The van der Waals surface area contributed by atoms with E-state index >= 15 is 0 Å². The number of allylic oxidation sites excluding steroid dienone is 1. The number of carboxylic acid groups (broad SMARTS) is 1. The minimum atomic E-state index is -1.17. The minimum absolute atomic E-state index is 0.351. The van der Waals surface area contributed by atoms with Gasteiger partial charge in [-0.25, -0.2) is 9.78 Å². The second-order valence-electron chi connectivity index (χ2n) is 5.29. The van der Waals surface area contributed by atoms with Gasteiger partial charge in [0, 0.05) is 27.4 Å². The van der Waals surface area contributed by atoms with E-state index in [0.29, 0.717) is 23.5 Å². The molecule has 3 rings (SSSR count). The second kappa shape index (κ2) is 7.24. The highest BCUT2D eigenvalue weighted by molar-refractivity contribution is 7.18. The average Bonchev–Trinajstić information content (AvgIpc) is 3.07. The number of nitrogens with zero attached hydrogens (tertiary/aromatic N) is 1. The van der Waals surface area contributed by atoms with Gasteiger partial charge in [0.05, 0.1) is 12.8 Å². The number of aromatic nitrogens is 1. The number of anilines is 2. The van der Waals surface area contributed by atoms with E-state index in [0.717, 1.165) is 26.8 Å². The monoisotopic (exact) mass is 369 g/mol. The van der Waals surface area contributed by atoms with Crippen LogP contribution in [-0.4, -0.2) is 29.6 Å². The second-order valence-corrected chi connectivity index (χ2v) is 6.17. The summed E-state index contributed by atoms with van der Waals surface area (Å²) < 4.78 is 6.20. The van der Waals surface area contributed by atoms with Crippen LogP contribution in [0.2, 0.25) is 0 Å². The van der Waals surface area contributed by atoms with Crippen molar-refractivity contribution in [1.82, 2.24) is 4.98 Å². The van der Waals surface area contributed by atoms with Gasteiger partial charge in [-0.2, -0.15) is 0 Å². The summed E-state index contributed by atoms with van der Waals surface area (Å²) in [5, 5.41) is 13.9. The third kappa shape index (κ3) is 3.22. The molecule has 1 amide bonds. The number of rotatable bonds is 5. The van der Waals surface area contributed by atoms with Crippen LogP contribution in [0, 0.1) is 0 Å². The fourth-order valence-corrected chi connectivity index (χ4v) is 3.72. The summed E-state index contributed by atoms with van der Waals surface area (Å²) in [7, 11) is 1.47. The standard InChI is InChI=1S/C18H15N3O4S/c1-25-14-7-10(4-5-13(14)21-18(23)24)12-9-26-16-11(3-2-6-22)8-20-17(19)15(12)16/h2-9,21H,1H3,(H2,19,20)(H,23,24)/b3-2+. The molecule has 0 aliphatic carbocycles. The Morgan fingerprint density at radius 3 is 2.92 bits per heavy atom. The Balaban J connectivity index is 2.15. The molecule has 2 aromatic heterocycles. The maximum absolute atomic E-state index is 10.9. The SMILES string of the molecule is COc1cc(-c2csc3c(/C=C/C=O)cnc(N)c23)ccc1NC(=O)O. The van der Waals surface area contributed by atoms with Crippen LogP contribution in [0.15, 0.2) is 35.9 Å². The summed E-state index contributed by atoms with van der Waals surface area (Å²) in [5.41, 5.74) is 8.91. The number of amides is 1. The van der Waals surface area contributed by atoms with E-state index in [2.05, 4.69) is 10.3 Å². The number of hydrogen-bond donors (Lipinski definition) is 3. The summed E-state index contributed by atoms with van der Waals surface area (Å²) in [6, 6.07) is 5.15. The van der Waals surface area contributed by atoms with Crippen molar-refractivity contribution in [2.24, 2.45) is 0 Å². The predicted octanol–water partition coefficient (Wildman–Crippen LogP) is 3.86. The van der Waals surface area contributed by atoms with Crippen molar-refractivity contribution in [3.8, 4) is 16.9 Å². The van der Waals surface area contributed by atoms with E-state index in [9.17, 15) is 9.59 Å². The first kappa shape index (κ1) is 17.4. The molecule has 7 nitrogen and oxygen atoms in total. The number of nitrogen functional groups attached to an aromatic ring is 1. The topological polar surface area (TPSA) is 115 Å². The highest BCUT2D eigenvalue weighted by Crippen LogP contribution is 2.40. The van der Waals surface area contributed by atoms with Gasteiger partial charge in [-0.3, -0.25) is 10.1 Å². The first-order chi connectivity index (χ1) is 12.5. The van der Waals surface area contributed by atoms with Gasteiger partial charge in [0.15, 0.2) is 0 Å². The Morgan fingerprint density at radius 2 is 2.23 bits per heavy atom. The molecule has 2 heterocycles. The van der Waals surface area contributed by atoms with Gasteiger partial charge >= 0.3 is 6.09 Å². The van der Waals surface area contributed by atoms with Crippen LogP contribution in [-0.2, 0) is 4.79 Å². The van der Waals surface area contributed by atoms with E-state index in [1.54, 1.807) is 30.5 Å². The summed E-state index contributed by atoms with van der Waals surface area (Å²) in [6.07, 6.45) is 4.25. The summed E-state index contributed by atoms with van der Waals surface area (Å²) >= 11 is 1.49. The largest absolute Gasteiger partial charge is 0.495 e. The molecule has 0 bridgehead atoms. The van der Waals surface area contributed by atoms with Crippen molar-refractivity contribution in [3.05, 3.63) is 41.4 Å². The number of thiophene rings is 1. The molecule has 0 fully saturated rings. The lowest BCUT2D eigenvalue weighted by molar-refractivity contribution is -0.104. The first-order valence-corrected chi connectivity index (χ1v) is 8.39. The zero-order valence-electron chi connectivity index (χ0n) is 13.7. The summed E-state index contributed by atoms with van der Waals surface area (Å²) in [4.78, 5) is 25.7. The van der Waals surface area contributed by atoms with Crippen LogP contribution in [0.4, 0.5) is 16.3 Å². The Labute approximate surface area is 152 Å². The fourth-order valence-electron chi connectivity index (χ4n) is 2.64. The Morgan fingerprint density at radius 1 is 1.42 bits per heavy atom. The van der Waals surface area contributed by atoms with Crippen molar-refractivity contribution >= 4 is 51.4 Å². The van der Waals surface area contributed by atoms with Crippen LogP contribution >= 0.6 is 11.3 Å². The lowest BCUT2D eigenvalue weighted by Crippen LogP contribution is -2.08. The highest BCUT2D eigenvalue weighted by Gasteiger charge is 2.15. The first-order valence-electron chi connectivity index (χ1n) is 7.51. The molecule has 1 aromatic carbocycles. The molecule has 0 unspecified atom stereocenters. The smallest absolute Gasteiger partial charge is 0.409 e. The molecular formula is C18H15N3O4S. The van der Waals surface area contributed by atoms with E-state index < -0.39 is 6.09 Å². The van der Waals surface area contributed by atoms with Gasteiger partial charge < -0.3 is 15.6 Å². The molecule has 132 valence electrons. The van der Waals surface area contributed by atoms with Gasteiger partial charge in [-0.1, -0.05) is 6.07 Å². The van der Waals surface area contributed by atoms with E-state index in [4.69, 9.17) is 15.6 Å². The number of hydrogen-bond acceptors (Lipinski definition) is 6. The third-order valence-corrected chi connectivity index (χ3v) is 4.79. The van der Waals surface area contributed by atoms with Crippen LogP contribution in [0.1, 0.15) is 5.56 Å². The average molecular weight is 369 g/mol. The number of carbonyl (C=O) groups excluding carboxylic acids is 1. The molecular weight excluding hydrogens is 354 g/mol. The molecule has 0 saturated carbocycles. The third-order valence-electron chi connectivity index (χ3n) is 3.76. The predicted molar refractivity (Wildman–Crippen MR) is 103 cm³/mol. The fraction of sp³-hybridized carbons (Fsp3) is 0.0556. The molecule has 0 aliphatic rings. The number of carbonyl (C=O) groups is 2. The normalized spacial score (nSPS) is 11.0. The quantitative estimate of drug-likeness (QED) is 0.465. The van der Waals surface area contributed by atoms with Crippen molar-refractivity contribution in [2.75, 3.05) is 18.2 Å². The Kier molecular flexibility index (Phi) is 4.85. The van der Waals surface area contributed by atoms with Gasteiger partial charge in [0.25, 0.3) is 0 Å². The van der Waals surface area contributed by atoms with E-state index in [1.807, 2.05) is 5.38 Å². The van der Waals surface area contributed by atoms with Crippen molar-refractivity contribution < 1.29 is 19.4 Å². The lowest BCUT2D eigenvalue weighted by Gasteiger charge is -2.10. The number of aldehydes is 1. The van der Waals surface area contributed by atoms with Gasteiger partial charge in [-0.05, 0) is 35.2 Å². The zero-order valence-corrected chi connectivity index (χ0v) is 14.5. The van der Waals surface area contributed by atoms with Crippen LogP contribution in [0.25, 0.3) is 27.3 Å². The number of benzene rings is 1. The number of nitrogens with one attached hydrogen (secondary N) is 1. The zero-order chi connectivity index (χ0) is 18.7. The van der Waals surface area contributed by atoms with Crippen LogP contribution < -0.4 is 15.8 Å². The molecule has 0 aliphatic heterocycles. The molecule has 4 N–H and O–H groups in total. The number of methoxy groups -OCH3 is 1. The van der Waals surface area contributed by atoms with E-state index in [-0.39, 0.29) is 0 Å². The molecule has 3 aromatic rings. The number of pyridine rings is 1. The molecule has 0 atom stereocenters. The molecule has 0 saturated heterocycles. The molecule has 0 spiro atoms. The lowest BCUT2D eigenvalue weighted by atomic mass is 10.0. The van der Waals surface area contributed by atoms with Crippen molar-refractivity contribution in [1.29, 1.82) is 0 Å². The van der Waals surface area contributed by atoms with Crippen molar-refractivity contribution in [3.63, 3.8) is 0 Å². The molecule has 8 heteroatoms. The minimum Gasteiger partial charge on any atom is -0.495 e. The molecule has 0 radical (unpaired) electrons. The Hall–Kier alpha value is -3.39. The summed E-state index contributed by atoms with van der Waals surface area (Å²) in [5.74, 6) is 0.777. The Bertz CT molecular complexity index is 1030. The molecule has 26 heavy (non-hydrogen) atoms. The van der Waals surface area contributed by atoms with Gasteiger partial charge in [-0.15, -0.1) is 11.3 Å². The van der Waals surface area contributed by atoms with Crippen molar-refractivity contribution in [2.45, 2.75) is 0 Å². The van der Waals surface area contributed by atoms with E-state index in [1.165, 1.54) is 24.5 Å². The van der Waals surface area contributed by atoms with Crippen LogP contribution in [0.5, 0.6) is 5.75 Å². The highest BCUT2D eigenvalue weighted by atomic mass is 32.1. The van der Waals surface area contributed by atoms with Crippen LogP contribution in [0.3, 0.4) is 0 Å².